The number of rotatable bonds is 5. The van der Waals surface area contributed by atoms with E-state index in [-0.39, 0.29) is 10.1 Å². The molecule has 0 heterocycles. The summed E-state index contributed by atoms with van der Waals surface area (Å²) in [5.74, 6) is -2.00. The van der Waals surface area contributed by atoms with Crippen LogP contribution in [0.15, 0.2) is 67.3 Å². The molecule has 0 aromatic heterocycles. The van der Waals surface area contributed by atoms with Crippen molar-refractivity contribution in [2.75, 3.05) is 0 Å². The van der Waals surface area contributed by atoms with Crippen molar-refractivity contribution in [3.8, 4) is 12.1 Å². The Morgan fingerprint density at radius 1 is 0.769 bits per heavy atom. The van der Waals surface area contributed by atoms with Gasteiger partial charge in [-0.15, -0.1) is 0 Å². The molecule has 0 amide bonds. The Hall–Kier alpha value is -1.58. The molecule has 130 valence electrons. The van der Waals surface area contributed by atoms with E-state index in [2.05, 4.69) is 31.9 Å². The molecular weight excluding hydrogens is 496 g/mol. The van der Waals surface area contributed by atoms with E-state index in [1.807, 2.05) is 60.7 Å². The first kappa shape index (κ1) is 20.7. The molecule has 0 fully saturated rings. The summed E-state index contributed by atoms with van der Waals surface area (Å²) < 4.78 is 1.63. The molecule has 2 aromatic carbocycles. The van der Waals surface area contributed by atoms with Crippen LogP contribution in [0.1, 0.15) is 0 Å². The zero-order valence-electron chi connectivity index (χ0n) is 13.2. The molecule has 0 aliphatic carbocycles. The Morgan fingerprint density at radius 2 is 1.12 bits per heavy atom. The van der Waals surface area contributed by atoms with Crippen LogP contribution in [0.2, 0.25) is 0 Å². The van der Waals surface area contributed by atoms with Crippen molar-refractivity contribution in [3.63, 3.8) is 0 Å². The molecule has 2 unspecified atom stereocenters. The van der Waals surface area contributed by atoms with Gasteiger partial charge in [-0.3, -0.25) is 10.8 Å². The SMILES string of the molecule is N#CC(C(=N)Sc1ccccc1Br)C(C#N)C(=N)Sc1ccccc1Br. The van der Waals surface area contributed by atoms with Crippen molar-refractivity contribution < 1.29 is 0 Å². The first-order valence-corrected chi connectivity index (χ1v) is 10.5. The molecule has 0 spiro atoms. The third kappa shape index (κ3) is 5.21. The second-order valence-corrected chi connectivity index (χ2v) is 8.88. The van der Waals surface area contributed by atoms with Crippen molar-refractivity contribution in [1.29, 1.82) is 21.3 Å². The molecule has 4 nitrogen and oxygen atoms in total. The van der Waals surface area contributed by atoms with Gasteiger partial charge in [0.2, 0.25) is 0 Å². The predicted octanol–water partition coefficient (Wildman–Crippen LogP) is 6.33. The minimum Gasteiger partial charge on any atom is -0.297 e. The third-order valence-corrected chi connectivity index (χ3v) is 7.30. The Kier molecular flexibility index (Phi) is 7.92. The number of nitriles is 2. The summed E-state index contributed by atoms with van der Waals surface area (Å²) in [5, 5.41) is 35.7. The fourth-order valence-corrected chi connectivity index (χ4v) is 4.77. The van der Waals surface area contributed by atoms with E-state index < -0.39 is 11.8 Å². The highest BCUT2D eigenvalue weighted by molar-refractivity contribution is 9.10. The molecule has 26 heavy (non-hydrogen) atoms. The van der Waals surface area contributed by atoms with Gasteiger partial charge in [0, 0.05) is 18.7 Å². The summed E-state index contributed by atoms with van der Waals surface area (Å²) >= 11 is 9.07. The van der Waals surface area contributed by atoms with Gasteiger partial charge in [0.15, 0.2) is 0 Å². The van der Waals surface area contributed by atoms with Gasteiger partial charge in [0.1, 0.15) is 11.8 Å². The highest BCUT2D eigenvalue weighted by atomic mass is 79.9. The smallest absolute Gasteiger partial charge is 0.116 e. The van der Waals surface area contributed by atoms with Crippen LogP contribution < -0.4 is 0 Å². The van der Waals surface area contributed by atoms with Gasteiger partial charge in [0.05, 0.1) is 22.2 Å². The number of nitrogens with one attached hydrogen (secondary N) is 2. The molecule has 0 saturated carbocycles. The number of halogens is 2. The molecular formula is C18H12Br2N4S2. The number of nitrogens with zero attached hydrogens (tertiary/aromatic N) is 2. The molecule has 8 heteroatoms. The van der Waals surface area contributed by atoms with Crippen LogP contribution >= 0.6 is 55.4 Å². The van der Waals surface area contributed by atoms with Crippen LogP contribution in [0.25, 0.3) is 0 Å². The second kappa shape index (κ2) is 9.94. The monoisotopic (exact) mass is 506 g/mol. The van der Waals surface area contributed by atoms with Crippen LogP contribution in [0.3, 0.4) is 0 Å². The Bertz CT molecular complexity index is 842. The van der Waals surface area contributed by atoms with Gasteiger partial charge in [-0.2, -0.15) is 10.5 Å². The van der Waals surface area contributed by atoms with Crippen LogP contribution in [-0.2, 0) is 0 Å². The average molecular weight is 508 g/mol. The summed E-state index contributed by atoms with van der Waals surface area (Å²) in [6.07, 6.45) is 0. The summed E-state index contributed by atoms with van der Waals surface area (Å²) in [6, 6.07) is 18.8. The van der Waals surface area contributed by atoms with E-state index in [0.29, 0.717) is 0 Å². The topological polar surface area (TPSA) is 95.3 Å². The van der Waals surface area contributed by atoms with E-state index in [1.165, 1.54) is 0 Å². The molecule has 0 aliphatic rings. The third-order valence-electron chi connectivity index (χ3n) is 3.29. The number of hydrogen-bond acceptors (Lipinski definition) is 6. The van der Waals surface area contributed by atoms with Crippen LogP contribution in [-0.4, -0.2) is 10.1 Å². The second-order valence-electron chi connectivity index (χ2n) is 5.01. The maximum Gasteiger partial charge on any atom is 0.116 e. The average Bonchev–Trinajstić information content (AvgIpc) is 2.63. The molecule has 2 aromatic rings. The fourth-order valence-electron chi connectivity index (χ4n) is 1.99. The van der Waals surface area contributed by atoms with Crippen LogP contribution in [0.5, 0.6) is 0 Å². The molecule has 2 N–H and O–H groups in total. The van der Waals surface area contributed by atoms with Gasteiger partial charge in [0.25, 0.3) is 0 Å². The number of thioether (sulfide) groups is 2. The zero-order chi connectivity index (χ0) is 19.1. The largest absolute Gasteiger partial charge is 0.297 e. The fraction of sp³-hybridized carbons (Fsp3) is 0.111. The Morgan fingerprint density at radius 3 is 1.42 bits per heavy atom. The lowest BCUT2D eigenvalue weighted by Crippen LogP contribution is -2.24. The minimum atomic E-state index is -1.00. The zero-order valence-corrected chi connectivity index (χ0v) is 18.0. The summed E-state index contributed by atoms with van der Waals surface area (Å²) in [7, 11) is 0. The van der Waals surface area contributed by atoms with E-state index in [4.69, 9.17) is 10.8 Å². The van der Waals surface area contributed by atoms with Crippen LogP contribution in [0, 0.1) is 45.3 Å². The lowest BCUT2D eigenvalue weighted by Gasteiger charge is -2.17. The van der Waals surface area contributed by atoms with Gasteiger partial charge in [-0.25, -0.2) is 0 Å². The van der Waals surface area contributed by atoms with E-state index in [9.17, 15) is 10.5 Å². The van der Waals surface area contributed by atoms with Gasteiger partial charge < -0.3 is 0 Å². The van der Waals surface area contributed by atoms with E-state index in [1.54, 1.807) is 0 Å². The molecule has 2 rings (SSSR count). The molecule has 0 radical (unpaired) electrons. The first-order chi connectivity index (χ1) is 12.5. The van der Waals surface area contributed by atoms with E-state index in [0.717, 1.165) is 42.3 Å². The van der Waals surface area contributed by atoms with Crippen molar-refractivity contribution >= 4 is 65.5 Å². The summed E-state index contributed by atoms with van der Waals surface area (Å²) in [6.45, 7) is 0. The first-order valence-electron chi connectivity index (χ1n) is 7.28. The van der Waals surface area contributed by atoms with Gasteiger partial charge >= 0.3 is 0 Å². The Balaban J connectivity index is 2.18. The summed E-state index contributed by atoms with van der Waals surface area (Å²) in [4.78, 5) is 1.58. The minimum absolute atomic E-state index is 0.0448. The van der Waals surface area contributed by atoms with Gasteiger partial charge in [-0.05, 0) is 56.1 Å². The predicted molar refractivity (Wildman–Crippen MR) is 114 cm³/mol. The Labute approximate surface area is 177 Å². The lowest BCUT2D eigenvalue weighted by atomic mass is 9.97. The quantitative estimate of drug-likeness (QED) is 0.280. The number of benzene rings is 2. The number of hydrogen-bond donors (Lipinski definition) is 2. The van der Waals surface area contributed by atoms with Crippen molar-refractivity contribution in [2.45, 2.75) is 9.79 Å². The maximum atomic E-state index is 9.53. The maximum absolute atomic E-state index is 9.53. The van der Waals surface area contributed by atoms with Crippen molar-refractivity contribution in [3.05, 3.63) is 57.5 Å². The highest BCUT2D eigenvalue weighted by Crippen LogP contribution is 2.35. The molecule has 0 saturated heterocycles. The lowest BCUT2D eigenvalue weighted by molar-refractivity contribution is 0.787. The normalized spacial score (nSPS) is 12.5. The molecule has 0 bridgehead atoms. The highest BCUT2D eigenvalue weighted by Gasteiger charge is 2.31. The van der Waals surface area contributed by atoms with Crippen LogP contribution in [0.4, 0.5) is 0 Å². The molecule has 2 atom stereocenters. The van der Waals surface area contributed by atoms with Gasteiger partial charge in [-0.1, -0.05) is 47.8 Å². The van der Waals surface area contributed by atoms with Crippen molar-refractivity contribution in [1.82, 2.24) is 0 Å². The van der Waals surface area contributed by atoms with E-state index >= 15 is 0 Å². The molecule has 0 aliphatic heterocycles. The summed E-state index contributed by atoms with van der Waals surface area (Å²) in [5.41, 5.74) is 0. The standard InChI is InChI=1S/C18H12Br2N4S2/c19-13-5-1-3-7-15(13)25-17(23)11(9-21)12(10-22)18(24)26-16-8-4-2-6-14(16)20/h1-8,11-12,23-24H. The van der Waals surface area contributed by atoms with Crippen molar-refractivity contribution in [2.24, 2.45) is 11.8 Å².